The van der Waals surface area contributed by atoms with Gasteiger partial charge < -0.3 is 13.3 Å². The van der Waals surface area contributed by atoms with Crippen LogP contribution in [0, 0.1) is 0 Å². The summed E-state index contributed by atoms with van der Waals surface area (Å²) >= 11 is 0. The SMILES string of the molecule is CCO[Si]1(C)OCCC[Si]1(C)OC(C)=O. The third-order valence-electron chi connectivity index (χ3n) is 2.93. The maximum absolute atomic E-state index is 11.1. The molecule has 15 heavy (non-hydrogen) atoms. The molecule has 0 radical (unpaired) electrons. The summed E-state index contributed by atoms with van der Waals surface area (Å²) in [6, 6.07) is 0.968. The van der Waals surface area contributed by atoms with Crippen LogP contribution in [0.25, 0.3) is 0 Å². The minimum Gasteiger partial charge on any atom is -0.516 e. The molecule has 6 heteroatoms. The summed E-state index contributed by atoms with van der Waals surface area (Å²) in [5.74, 6) is -0.201. The van der Waals surface area contributed by atoms with E-state index in [1.807, 2.05) is 13.5 Å². The Hall–Kier alpha value is -0.176. The first-order valence-corrected chi connectivity index (χ1v) is 11.3. The van der Waals surface area contributed by atoms with E-state index in [9.17, 15) is 4.79 Å². The first kappa shape index (κ1) is 12.9. The van der Waals surface area contributed by atoms with Gasteiger partial charge >= 0.3 is 8.08 Å². The van der Waals surface area contributed by atoms with Gasteiger partial charge in [-0.3, -0.25) is 4.79 Å². The lowest BCUT2D eigenvalue weighted by atomic mass is 10.5. The Kier molecular flexibility index (Phi) is 4.10. The molecule has 0 spiro atoms. The van der Waals surface area contributed by atoms with Gasteiger partial charge in [-0.15, -0.1) is 0 Å². The van der Waals surface area contributed by atoms with Crippen molar-refractivity contribution in [2.24, 2.45) is 0 Å². The van der Waals surface area contributed by atoms with Gasteiger partial charge in [-0.2, -0.15) is 0 Å². The zero-order valence-corrected chi connectivity index (χ0v) is 12.0. The first-order valence-electron chi connectivity index (χ1n) is 5.41. The highest BCUT2D eigenvalue weighted by Gasteiger charge is 2.59. The Labute approximate surface area is 93.1 Å². The van der Waals surface area contributed by atoms with E-state index in [1.165, 1.54) is 6.92 Å². The Morgan fingerprint density at radius 1 is 1.47 bits per heavy atom. The second kappa shape index (κ2) is 4.77. The predicted molar refractivity (Wildman–Crippen MR) is 62.0 cm³/mol. The monoisotopic (exact) mass is 248 g/mol. The summed E-state index contributed by atoms with van der Waals surface area (Å²) in [5.41, 5.74) is 0. The van der Waals surface area contributed by atoms with Crippen LogP contribution in [0.3, 0.4) is 0 Å². The second-order valence-electron chi connectivity index (χ2n) is 4.16. The largest absolute Gasteiger partial charge is 0.516 e. The maximum atomic E-state index is 11.1. The summed E-state index contributed by atoms with van der Waals surface area (Å²) in [6.07, 6.45) is 0.978. The molecule has 1 aliphatic heterocycles. The van der Waals surface area contributed by atoms with Crippen LogP contribution in [-0.2, 0) is 18.1 Å². The van der Waals surface area contributed by atoms with Crippen LogP contribution in [0.5, 0.6) is 0 Å². The molecule has 1 aliphatic rings. The van der Waals surface area contributed by atoms with Crippen LogP contribution in [0.1, 0.15) is 20.3 Å². The molecular weight excluding hydrogens is 228 g/mol. The maximum Gasteiger partial charge on any atom is 0.361 e. The van der Waals surface area contributed by atoms with Crippen molar-refractivity contribution in [2.75, 3.05) is 13.2 Å². The molecule has 0 saturated carbocycles. The third-order valence-corrected chi connectivity index (χ3v) is 16.2. The van der Waals surface area contributed by atoms with Gasteiger partial charge in [0, 0.05) is 20.1 Å². The van der Waals surface area contributed by atoms with Crippen LogP contribution in [0.4, 0.5) is 0 Å². The van der Waals surface area contributed by atoms with Crippen molar-refractivity contribution in [3.63, 3.8) is 0 Å². The van der Waals surface area contributed by atoms with Crippen molar-refractivity contribution in [3.05, 3.63) is 0 Å². The highest BCUT2D eigenvalue weighted by Crippen LogP contribution is 2.32. The number of hydrogen-bond acceptors (Lipinski definition) is 4. The van der Waals surface area contributed by atoms with Crippen molar-refractivity contribution in [3.8, 4) is 0 Å². The minimum atomic E-state index is -2.26. The van der Waals surface area contributed by atoms with Gasteiger partial charge in [0.05, 0.1) is 0 Å². The molecule has 88 valence electrons. The smallest absolute Gasteiger partial charge is 0.361 e. The molecule has 0 aliphatic carbocycles. The molecule has 0 aromatic carbocycles. The normalized spacial score (nSPS) is 36.3. The fraction of sp³-hybridized carbons (Fsp3) is 0.889. The molecule has 4 nitrogen and oxygen atoms in total. The van der Waals surface area contributed by atoms with Crippen LogP contribution in [-0.4, -0.2) is 35.1 Å². The van der Waals surface area contributed by atoms with Gasteiger partial charge in [-0.25, -0.2) is 0 Å². The van der Waals surface area contributed by atoms with Crippen molar-refractivity contribution in [2.45, 2.75) is 39.4 Å². The molecule has 1 fully saturated rings. The van der Waals surface area contributed by atoms with Crippen molar-refractivity contribution < 1.29 is 18.1 Å². The summed E-state index contributed by atoms with van der Waals surface area (Å²) in [5, 5.41) is 0. The molecule has 1 rings (SSSR count). The molecule has 2 atom stereocenters. The van der Waals surface area contributed by atoms with Gasteiger partial charge in [-0.05, 0) is 32.5 Å². The molecule has 0 amide bonds. The lowest BCUT2D eigenvalue weighted by Gasteiger charge is -2.42. The number of carbonyl (C=O) groups is 1. The average molecular weight is 248 g/mol. The summed E-state index contributed by atoms with van der Waals surface area (Å²) in [6.45, 7) is 8.89. The number of rotatable bonds is 3. The Morgan fingerprint density at radius 3 is 2.67 bits per heavy atom. The summed E-state index contributed by atoms with van der Waals surface area (Å²) < 4.78 is 17.2. The Balaban J connectivity index is 2.84. The van der Waals surface area contributed by atoms with E-state index in [2.05, 4.69) is 6.55 Å². The lowest BCUT2D eigenvalue weighted by molar-refractivity contribution is -0.132. The average Bonchev–Trinajstić information content (AvgIpc) is 2.10. The van der Waals surface area contributed by atoms with E-state index >= 15 is 0 Å². The van der Waals surface area contributed by atoms with Crippen molar-refractivity contribution >= 4 is 21.9 Å². The van der Waals surface area contributed by atoms with E-state index < -0.39 is 15.9 Å². The van der Waals surface area contributed by atoms with Gasteiger partial charge in [-0.1, -0.05) is 0 Å². The minimum absolute atomic E-state index is 0.201. The molecular formula is C9H20O4Si2. The van der Waals surface area contributed by atoms with E-state index in [0.29, 0.717) is 6.61 Å². The van der Waals surface area contributed by atoms with Crippen LogP contribution in [0.15, 0.2) is 0 Å². The van der Waals surface area contributed by atoms with Crippen molar-refractivity contribution in [1.82, 2.24) is 0 Å². The van der Waals surface area contributed by atoms with Crippen molar-refractivity contribution in [1.29, 1.82) is 0 Å². The fourth-order valence-electron chi connectivity index (χ4n) is 1.99. The van der Waals surface area contributed by atoms with Crippen LogP contribution < -0.4 is 0 Å². The summed E-state index contributed by atoms with van der Waals surface area (Å²) in [4.78, 5) is 11.1. The Morgan fingerprint density at radius 2 is 2.13 bits per heavy atom. The molecule has 1 heterocycles. The quantitative estimate of drug-likeness (QED) is 0.714. The van der Waals surface area contributed by atoms with E-state index in [-0.39, 0.29) is 5.97 Å². The number of hydrogen-bond donors (Lipinski definition) is 0. The van der Waals surface area contributed by atoms with Gasteiger partial charge in [0.25, 0.3) is 13.8 Å². The predicted octanol–water partition coefficient (Wildman–Crippen LogP) is 1.73. The van der Waals surface area contributed by atoms with E-state index in [0.717, 1.165) is 19.1 Å². The first-order chi connectivity index (χ1) is 6.93. The van der Waals surface area contributed by atoms with Crippen LogP contribution in [0.2, 0.25) is 19.1 Å². The third kappa shape index (κ3) is 2.69. The molecule has 0 aromatic heterocycles. The molecule has 0 N–H and O–H groups in total. The topological polar surface area (TPSA) is 44.8 Å². The standard InChI is InChI=1S/C9H20O4Si2/c1-5-11-15(4)12-7-6-8-14(15,3)13-9(2)10/h5-8H2,1-4H3. The van der Waals surface area contributed by atoms with E-state index in [4.69, 9.17) is 13.3 Å². The Bertz CT molecular complexity index is 244. The van der Waals surface area contributed by atoms with E-state index in [1.54, 1.807) is 0 Å². The number of carbonyl (C=O) groups excluding carboxylic acids is 1. The second-order valence-corrected chi connectivity index (χ2v) is 15.7. The van der Waals surface area contributed by atoms with Gasteiger partial charge in [0.2, 0.25) is 0 Å². The summed E-state index contributed by atoms with van der Waals surface area (Å²) in [7, 11) is -4.39. The lowest BCUT2D eigenvalue weighted by Crippen LogP contribution is -2.67. The molecule has 0 bridgehead atoms. The zero-order chi connectivity index (χ0) is 11.5. The van der Waals surface area contributed by atoms with Gasteiger partial charge in [0.1, 0.15) is 0 Å². The van der Waals surface area contributed by atoms with Gasteiger partial charge in [0.15, 0.2) is 0 Å². The fourth-order valence-corrected chi connectivity index (χ4v) is 11.4. The molecule has 2 unspecified atom stereocenters. The molecule has 0 aromatic rings. The van der Waals surface area contributed by atoms with Crippen LogP contribution >= 0.6 is 0 Å². The highest BCUT2D eigenvalue weighted by atomic mass is 29.3. The molecule has 1 saturated heterocycles. The highest BCUT2D eigenvalue weighted by molar-refractivity contribution is 7.34. The zero-order valence-electron chi connectivity index (χ0n) is 9.96.